The van der Waals surface area contributed by atoms with Crippen LogP contribution in [0.1, 0.15) is 30.2 Å². The summed E-state index contributed by atoms with van der Waals surface area (Å²) in [4.78, 5) is 0. The van der Waals surface area contributed by atoms with Gasteiger partial charge in [-0.1, -0.05) is 6.92 Å². The Morgan fingerprint density at radius 3 is 2.62 bits per heavy atom. The Hall–Kier alpha value is -2.99. The molecule has 0 bridgehead atoms. The molecule has 6 nitrogen and oxygen atoms in total. The molecule has 0 saturated carbocycles. The molecule has 3 N–H and O–H groups in total. The summed E-state index contributed by atoms with van der Waals surface area (Å²) < 4.78 is 1.81. The maximum Gasteiger partial charge on any atom is 0.152 e. The van der Waals surface area contributed by atoms with Crippen LogP contribution >= 0.6 is 0 Å². The lowest BCUT2D eigenvalue weighted by atomic mass is 10.1. The minimum absolute atomic E-state index is 0.333. The minimum atomic E-state index is 0.333. The van der Waals surface area contributed by atoms with E-state index in [9.17, 15) is 0 Å². The first-order valence-electron chi connectivity index (χ1n) is 6.64. The standard InChI is InChI=1S/C15H16N6/c1-3-6-21-15(14(18)10(2)20-21)19-13-5-4-11(8-16)12(7-13)9-17/h4-5,7,19H,3,6,18H2,1-2H3. The third-order valence-corrected chi connectivity index (χ3v) is 3.13. The molecule has 2 aromatic rings. The highest BCUT2D eigenvalue weighted by Crippen LogP contribution is 2.27. The van der Waals surface area contributed by atoms with Crippen molar-refractivity contribution in [3.63, 3.8) is 0 Å². The number of aryl methyl sites for hydroxylation is 2. The van der Waals surface area contributed by atoms with Crippen LogP contribution in [0.4, 0.5) is 17.2 Å². The Morgan fingerprint density at radius 1 is 1.29 bits per heavy atom. The number of benzene rings is 1. The number of nitrogen functional groups attached to an aromatic ring is 1. The van der Waals surface area contributed by atoms with Crippen molar-refractivity contribution in [3.8, 4) is 12.1 Å². The van der Waals surface area contributed by atoms with Gasteiger partial charge in [0, 0.05) is 12.2 Å². The van der Waals surface area contributed by atoms with Crippen LogP contribution in [0.5, 0.6) is 0 Å². The van der Waals surface area contributed by atoms with E-state index in [-0.39, 0.29) is 0 Å². The van der Waals surface area contributed by atoms with Crippen molar-refractivity contribution in [2.45, 2.75) is 26.8 Å². The summed E-state index contributed by atoms with van der Waals surface area (Å²) in [6.45, 7) is 4.67. The minimum Gasteiger partial charge on any atom is -0.394 e. The number of anilines is 3. The number of hydrogen-bond donors (Lipinski definition) is 2. The van der Waals surface area contributed by atoms with Gasteiger partial charge in [-0.05, 0) is 31.5 Å². The van der Waals surface area contributed by atoms with Crippen LogP contribution in [-0.2, 0) is 6.54 Å². The summed E-state index contributed by atoms with van der Waals surface area (Å²) in [5, 5.41) is 25.6. The van der Waals surface area contributed by atoms with Crippen molar-refractivity contribution in [2.75, 3.05) is 11.1 Å². The molecule has 0 atom stereocenters. The number of rotatable bonds is 4. The molecule has 0 radical (unpaired) electrons. The Labute approximate surface area is 123 Å². The Kier molecular flexibility index (Phi) is 4.10. The molecule has 6 heteroatoms. The van der Waals surface area contributed by atoms with E-state index in [1.54, 1.807) is 18.2 Å². The van der Waals surface area contributed by atoms with Crippen LogP contribution in [0.3, 0.4) is 0 Å². The monoisotopic (exact) mass is 280 g/mol. The summed E-state index contributed by atoms with van der Waals surface area (Å²) in [5.74, 6) is 0.711. The molecular formula is C15H16N6. The molecule has 0 spiro atoms. The summed E-state index contributed by atoms with van der Waals surface area (Å²) in [6, 6.07) is 9.01. The average Bonchev–Trinajstić information content (AvgIpc) is 2.75. The number of nitriles is 2. The third-order valence-electron chi connectivity index (χ3n) is 3.13. The third kappa shape index (κ3) is 2.80. The largest absolute Gasteiger partial charge is 0.394 e. The predicted molar refractivity (Wildman–Crippen MR) is 80.8 cm³/mol. The molecule has 1 aromatic heterocycles. The Morgan fingerprint density at radius 2 is 2.00 bits per heavy atom. The maximum atomic E-state index is 9.07. The highest BCUT2D eigenvalue weighted by molar-refractivity contribution is 5.72. The van der Waals surface area contributed by atoms with Gasteiger partial charge in [0.25, 0.3) is 0 Å². The van der Waals surface area contributed by atoms with Crippen LogP contribution in [-0.4, -0.2) is 9.78 Å². The van der Waals surface area contributed by atoms with Gasteiger partial charge >= 0.3 is 0 Å². The fourth-order valence-electron chi connectivity index (χ4n) is 2.05. The first-order valence-corrected chi connectivity index (χ1v) is 6.64. The lowest BCUT2D eigenvalue weighted by Gasteiger charge is -2.10. The SMILES string of the molecule is CCCn1nc(C)c(N)c1Nc1ccc(C#N)c(C#N)c1. The van der Waals surface area contributed by atoms with Crippen molar-refractivity contribution in [1.82, 2.24) is 9.78 Å². The van der Waals surface area contributed by atoms with Crippen LogP contribution in [0.2, 0.25) is 0 Å². The molecule has 0 saturated heterocycles. The molecule has 2 rings (SSSR count). The van der Waals surface area contributed by atoms with Gasteiger partial charge in [0.2, 0.25) is 0 Å². The van der Waals surface area contributed by atoms with Gasteiger partial charge in [-0.3, -0.25) is 0 Å². The molecule has 0 aliphatic heterocycles. The van der Waals surface area contributed by atoms with E-state index < -0.39 is 0 Å². The normalized spacial score (nSPS) is 9.90. The second kappa shape index (κ2) is 5.98. The Bertz CT molecular complexity index is 745. The summed E-state index contributed by atoms with van der Waals surface area (Å²) in [5.41, 5.74) is 8.79. The van der Waals surface area contributed by atoms with E-state index in [0.717, 1.165) is 18.7 Å². The molecule has 21 heavy (non-hydrogen) atoms. The quantitative estimate of drug-likeness (QED) is 0.896. The number of nitrogens with one attached hydrogen (secondary N) is 1. The summed E-state index contributed by atoms with van der Waals surface area (Å²) >= 11 is 0. The van der Waals surface area contributed by atoms with Gasteiger partial charge < -0.3 is 11.1 Å². The van der Waals surface area contributed by atoms with E-state index in [1.165, 1.54) is 0 Å². The fraction of sp³-hybridized carbons (Fsp3) is 0.267. The molecule has 0 amide bonds. The highest BCUT2D eigenvalue weighted by Gasteiger charge is 2.13. The molecule has 0 fully saturated rings. The van der Waals surface area contributed by atoms with Crippen LogP contribution in [0.25, 0.3) is 0 Å². The first-order chi connectivity index (χ1) is 10.1. The van der Waals surface area contributed by atoms with Gasteiger partial charge in [0.15, 0.2) is 5.82 Å². The van der Waals surface area contributed by atoms with E-state index in [1.807, 2.05) is 23.7 Å². The van der Waals surface area contributed by atoms with Crippen molar-refractivity contribution >= 4 is 17.2 Å². The van der Waals surface area contributed by atoms with E-state index in [4.69, 9.17) is 16.3 Å². The van der Waals surface area contributed by atoms with Gasteiger partial charge in [-0.2, -0.15) is 15.6 Å². The second-order valence-electron chi connectivity index (χ2n) is 4.68. The number of nitrogens with zero attached hydrogens (tertiary/aromatic N) is 4. The first kappa shape index (κ1) is 14.4. The van der Waals surface area contributed by atoms with Gasteiger partial charge in [0.05, 0.1) is 22.5 Å². The van der Waals surface area contributed by atoms with Gasteiger partial charge in [-0.15, -0.1) is 0 Å². The second-order valence-corrected chi connectivity index (χ2v) is 4.68. The van der Waals surface area contributed by atoms with E-state index in [2.05, 4.69) is 17.3 Å². The highest BCUT2D eigenvalue weighted by atomic mass is 15.3. The molecule has 0 aliphatic carbocycles. The maximum absolute atomic E-state index is 9.07. The van der Waals surface area contributed by atoms with Crippen molar-refractivity contribution < 1.29 is 0 Å². The van der Waals surface area contributed by atoms with Crippen LogP contribution < -0.4 is 11.1 Å². The zero-order valence-electron chi connectivity index (χ0n) is 12.0. The molecule has 1 heterocycles. The fourth-order valence-corrected chi connectivity index (χ4v) is 2.05. The molecule has 106 valence electrons. The lowest BCUT2D eigenvalue weighted by Crippen LogP contribution is -2.06. The molecule has 0 unspecified atom stereocenters. The number of aromatic nitrogens is 2. The van der Waals surface area contributed by atoms with Crippen molar-refractivity contribution in [2.24, 2.45) is 0 Å². The van der Waals surface area contributed by atoms with Crippen LogP contribution in [0.15, 0.2) is 18.2 Å². The lowest BCUT2D eigenvalue weighted by molar-refractivity contribution is 0.605. The van der Waals surface area contributed by atoms with Crippen molar-refractivity contribution in [3.05, 3.63) is 35.0 Å². The predicted octanol–water partition coefficient (Wildman–Crippen LogP) is 2.67. The topological polar surface area (TPSA) is 103 Å². The molecular weight excluding hydrogens is 264 g/mol. The smallest absolute Gasteiger partial charge is 0.152 e. The van der Waals surface area contributed by atoms with E-state index >= 15 is 0 Å². The summed E-state index contributed by atoms with van der Waals surface area (Å²) in [7, 11) is 0. The molecule has 1 aromatic carbocycles. The average molecular weight is 280 g/mol. The van der Waals surface area contributed by atoms with Crippen molar-refractivity contribution in [1.29, 1.82) is 10.5 Å². The van der Waals surface area contributed by atoms with E-state index in [0.29, 0.717) is 28.3 Å². The van der Waals surface area contributed by atoms with Gasteiger partial charge in [-0.25, -0.2) is 4.68 Å². The van der Waals surface area contributed by atoms with Crippen LogP contribution in [0, 0.1) is 29.6 Å². The zero-order chi connectivity index (χ0) is 15.4. The zero-order valence-corrected chi connectivity index (χ0v) is 12.0. The number of hydrogen-bond acceptors (Lipinski definition) is 5. The Balaban J connectivity index is 2.39. The molecule has 0 aliphatic rings. The summed E-state index contributed by atoms with van der Waals surface area (Å²) in [6.07, 6.45) is 0.937. The van der Waals surface area contributed by atoms with Gasteiger partial charge in [0.1, 0.15) is 12.1 Å². The number of nitrogens with two attached hydrogens (primary N) is 1.